The first kappa shape index (κ1) is 23.6. The van der Waals surface area contributed by atoms with Gasteiger partial charge in [-0.15, -0.1) is 0 Å². The third-order valence-corrected chi connectivity index (χ3v) is 6.70. The highest BCUT2D eigenvalue weighted by Gasteiger charge is 2.24. The van der Waals surface area contributed by atoms with Gasteiger partial charge >= 0.3 is 5.97 Å². The van der Waals surface area contributed by atoms with Crippen LogP contribution in [0.4, 0.5) is 0 Å². The number of benzene rings is 1. The van der Waals surface area contributed by atoms with Gasteiger partial charge in [0.2, 0.25) is 10.0 Å². The van der Waals surface area contributed by atoms with Crippen LogP contribution in [0.3, 0.4) is 0 Å². The molecule has 0 aliphatic carbocycles. The van der Waals surface area contributed by atoms with Crippen molar-refractivity contribution < 1.29 is 23.1 Å². The molecule has 1 heterocycles. The summed E-state index contributed by atoms with van der Waals surface area (Å²) in [6.07, 6.45) is 6.01. The normalized spacial score (nSPS) is 16.4. The van der Waals surface area contributed by atoms with Gasteiger partial charge in [-0.05, 0) is 75.2 Å². The van der Waals surface area contributed by atoms with Crippen LogP contribution in [0.5, 0.6) is 5.75 Å². The van der Waals surface area contributed by atoms with Crippen LogP contribution in [0.1, 0.15) is 51.0 Å². The minimum Gasteiger partial charge on any atom is -0.494 e. The van der Waals surface area contributed by atoms with Crippen LogP contribution in [0, 0.1) is 5.92 Å². The Labute approximate surface area is 174 Å². The first-order valence-corrected chi connectivity index (χ1v) is 12.2. The molecule has 2 rings (SSSR count). The first-order chi connectivity index (χ1) is 13.9. The van der Waals surface area contributed by atoms with Gasteiger partial charge in [-0.3, -0.25) is 4.79 Å². The zero-order valence-corrected chi connectivity index (χ0v) is 18.0. The Balaban J connectivity index is 1.79. The Morgan fingerprint density at radius 1 is 1.24 bits per heavy atom. The van der Waals surface area contributed by atoms with Crippen LogP contribution in [0.15, 0.2) is 24.3 Å². The molecule has 1 aromatic carbocycles. The molecule has 8 heteroatoms. The molecule has 0 radical (unpaired) electrons. The van der Waals surface area contributed by atoms with Crippen molar-refractivity contribution in [3.8, 4) is 5.75 Å². The molecule has 1 atom stereocenters. The van der Waals surface area contributed by atoms with Crippen LogP contribution in [-0.2, 0) is 21.2 Å². The van der Waals surface area contributed by atoms with Gasteiger partial charge in [-0.2, -0.15) is 0 Å². The molecule has 0 unspecified atom stereocenters. The van der Waals surface area contributed by atoms with Gasteiger partial charge in [0.15, 0.2) is 0 Å². The highest BCUT2D eigenvalue weighted by atomic mass is 32.2. The molecule has 0 aromatic heterocycles. The maximum atomic E-state index is 12.0. The number of hydrogen-bond donors (Lipinski definition) is 3. The summed E-state index contributed by atoms with van der Waals surface area (Å²) in [5.41, 5.74) is 0.748. The summed E-state index contributed by atoms with van der Waals surface area (Å²) in [5.74, 6) is 0.298. The number of aliphatic carboxylic acids is 1. The van der Waals surface area contributed by atoms with E-state index in [-0.39, 0.29) is 12.2 Å². The number of nitrogens with one attached hydrogen (secondary N) is 2. The molecular formula is C21H34N2O5S. The van der Waals surface area contributed by atoms with E-state index in [4.69, 9.17) is 4.74 Å². The molecule has 7 nitrogen and oxygen atoms in total. The molecule has 1 aliphatic rings. The van der Waals surface area contributed by atoms with Gasteiger partial charge in [-0.1, -0.05) is 25.5 Å². The quantitative estimate of drug-likeness (QED) is 0.419. The predicted octanol–water partition coefficient (Wildman–Crippen LogP) is 2.56. The molecule has 0 saturated carbocycles. The number of unbranched alkanes of at least 4 members (excludes halogenated alkanes) is 1. The van der Waals surface area contributed by atoms with Crippen LogP contribution < -0.4 is 14.8 Å². The maximum absolute atomic E-state index is 12.0. The smallest absolute Gasteiger partial charge is 0.322 e. The molecular weight excluding hydrogens is 392 g/mol. The van der Waals surface area contributed by atoms with E-state index in [9.17, 15) is 18.3 Å². The average molecular weight is 427 g/mol. The summed E-state index contributed by atoms with van der Waals surface area (Å²) in [6.45, 7) is 4.78. The number of carboxylic acids is 1. The molecule has 3 N–H and O–H groups in total. The lowest BCUT2D eigenvalue weighted by Crippen LogP contribution is -2.43. The lowest BCUT2D eigenvalue weighted by Gasteiger charge is -2.22. The third kappa shape index (κ3) is 9.14. The number of carboxylic acid groups (broad SMARTS) is 1. The number of ether oxygens (including phenoxy) is 1. The maximum Gasteiger partial charge on any atom is 0.322 e. The van der Waals surface area contributed by atoms with E-state index < -0.39 is 22.0 Å². The van der Waals surface area contributed by atoms with E-state index in [2.05, 4.69) is 10.0 Å². The number of hydrogen-bond acceptors (Lipinski definition) is 5. The zero-order chi connectivity index (χ0) is 21.1. The fraction of sp³-hybridized carbons (Fsp3) is 0.667. The van der Waals surface area contributed by atoms with E-state index in [0.29, 0.717) is 13.0 Å². The van der Waals surface area contributed by atoms with E-state index in [1.54, 1.807) is 12.1 Å². The number of rotatable bonds is 13. The van der Waals surface area contributed by atoms with Gasteiger partial charge in [0.25, 0.3) is 0 Å². The summed E-state index contributed by atoms with van der Waals surface area (Å²) in [5, 5.41) is 12.7. The number of piperidine rings is 1. The number of sulfonamides is 1. The minimum absolute atomic E-state index is 0.0581. The Morgan fingerprint density at radius 2 is 1.93 bits per heavy atom. The topological polar surface area (TPSA) is 105 Å². The van der Waals surface area contributed by atoms with Crippen molar-refractivity contribution in [2.75, 3.05) is 25.4 Å². The highest BCUT2D eigenvalue weighted by molar-refractivity contribution is 7.89. The highest BCUT2D eigenvalue weighted by Crippen LogP contribution is 2.19. The van der Waals surface area contributed by atoms with Crippen molar-refractivity contribution in [2.24, 2.45) is 5.92 Å². The summed E-state index contributed by atoms with van der Waals surface area (Å²) in [6, 6.07) is 6.03. The molecule has 0 bridgehead atoms. The Kier molecular flexibility index (Phi) is 9.90. The Hall–Kier alpha value is -1.64. The second-order valence-electron chi connectivity index (χ2n) is 7.71. The van der Waals surface area contributed by atoms with E-state index in [1.807, 2.05) is 19.1 Å². The molecule has 0 amide bonds. The summed E-state index contributed by atoms with van der Waals surface area (Å²) in [7, 11) is -3.60. The van der Waals surface area contributed by atoms with E-state index in [0.717, 1.165) is 43.2 Å². The van der Waals surface area contributed by atoms with Crippen LogP contribution in [0.2, 0.25) is 0 Å². The summed E-state index contributed by atoms with van der Waals surface area (Å²) in [4.78, 5) is 11.5. The lowest BCUT2D eigenvalue weighted by atomic mass is 9.93. The van der Waals surface area contributed by atoms with Gasteiger partial charge in [0.05, 0.1) is 12.4 Å². The molecule has 164 valence electrons. The minimum atomic E-state index is -3.60. The largest absolute Gasteiger partial charge is 0.494 e. The second-order valence-corrected chi connectivity index (χ2v) is 9.59. The van der Waals surface area contributed by atoms with Crippen LogP contribution in [-0.4, -0.2) is 51.0 Å². The van der Waals surface area contributed by atoms with Crippen molar-refractivity contribution in [1.29, 1.82) is 0 Å². The van der Waals surface area contributed by atoms with Crippen LogP contribution in [0.25, 0.3) is 0 Å². The number of carbonyl (C=O) groups is 1. The van der Waals surface area contributed by atoms with Gasteiger partial charge in [0.1, 0.15) is 11.8 Å². The molecule has 1 saturated heterocycles. The molecule has 0 spiro atoms. The zero-order valence-electron chi connectivity index (χ0n) is 17.2. The van der Waals surface area contributed by atoms with Crippen molar-refractivity contribution in [3.05, 3.63) is 29.8 Å². The lowest BCUT2D eigenvalue weighted by molar-refractivity contribution is -0.138. The van der Waals surface area contributed by atoms with Crippen molar-refractivity contribution in [3.63, 3.8) is 0 Å². The Morgan fingerprint density at radius 3 is 2.55 bits per heavy atom. The van der Waals surface area contributed by atoms with Crippen LogP contribution >= 0.6 is 0 Å². The molecule has 29 heavy (non-hydrogen) atoms. The monoisotopic (exact) mass is 426 g/mol. The van der Waals surface area contributed by atoms with Crippen molar-refractivity contribution in [2.45, 2.75) is 57.9 Å². The van der Waals surface area contributed by atoms with Crippen molar-refractivity contribution in [1.82, 2.24) is 10.0 Å². The predicted molar refractivity (Wildman–Crippen MR) is 114 cm³/mol. The van der Waals surface area contributed by atoms with Gasteiger partial charge in [-0.25, -0.2) is 13.1 Å². The van der Waals surface area contributed by atoms with E-state index in [1.165, 1.54) is 19.3 Å². The molecule has 1 aromatic rings. The summed E-state index contributed by atoms with van der Waals surface area (Å²) < 4.78 is 32.1. The van der Waals surface area contributed by atoms with Crippen molar-refractivity contribution >= 4 is 16.0 Å². The fourth-order valence-corrected chi connectivity index (χ4v) is 4.88. The van der Waals surface area contributed by atoms with Gasteiger partial charge in [0, 0.05) is 0 Å². The SMILES string of the molecule is CCCCS(=O)(=O)N[C@@H](Cc1ccc(OCCCC2CCNCC2)cc1)C(=O)O. The fourth-order valence-electron chi connectivity index (χ4n) is 3.48. The average Bonchev–Trinajstić information content (AvgIpc) is 2.71. The standard InChI is InChI=1S/C21H34N2O5S/c1-2-3-15-29(26,27)23-20(21(24)25)16-18-6-8-19(9-7-18)28-14-4-5-17-10-12-22-13-11-17/h6-9,17,20,22-23H,2-5,10-16H2,1H3,(H,24,25)/t20-/m0/s1. The summed E-state index contributed by atoms with van der Waals surface area (Å²) >= 11 is 0. The van der Waals surface area contributed by atoms with Gasteiger partial charge < -0.3 is 15.2 Å². The molecule has 1 fully saturated rings. The third-order valence-electron chi connectivity index (χ3n) is 5.23. The van der Waals surface area contributed by atoms with E-state index >= 15 is 0 Å². The molecule has 1 aliphatic heterocycles. The first-order valence-electron chi connectivity index (χ1n) is 10.5. The Bertz CT molecular complexity index is 715. The second kappa shape index (κ2) is 12.1.